The number of rotatable bonds is 1. The minimum atomic E-state index is -0.0477. The summed E-state index contributed by atoms with van der Waals surface area (Å²) in [6.07, 6.45) is 3.34. The summed E-state index contributed by atoms with van der Waals surface area (Å²) in [5, 5.41) is 8.90. The van der Waals surface area contributed by atoms with Gasteiger partial charge in [-0.3, -0.25) is 4.99 Å². The van der Waals surface area contributed by atoms with Crippen LogP contribution in [0.1, 0.15) is 12.8 Å². The smallest absolute Gasteiger partial charge is 0.135 e. The molecule has 0 atom stereocenters. The molecule has 1 aliphatic heterocycles. The molecule has 0 saturated heterocycles. The van der Waals surface area contributed by atoms with Gasteiger partial charge in [0.2, 0.25) is 0 Å². The third-order valence-corrected chi connectivity index (χ3v) is 1.34. The van der Waals surface area contributed by atoms with Gasteiger partial charge < -0.3 is 10.8 Å². The first-order chi connectivity index (χ1) is 4.72. The number of aliphatic imine (C=N–C) groups is 1. The van der Waals surface area contributed by atoms with E-state index in [1.54, 1.807) is 6.21 Å². The number of aliphatic hydroxyl groups excluding tert-OH is 1. The van der Waals surface area contributed by atoms with Crippen LogP contribution in [0.5, 0.6) is 0 Å². The average Bonchev–Trinajstić information content (AvgIpc) is 1.88. The summed E-state index contributed by atoms with van der Waals surface area (Å²) in [6.45, 7) is 3.33. The van der Waals surface area contributed by atoms with Gasteiger partial charge in [-0.1, -0.05) is 6.58 Å². The maximum absolute atomic E-state index is 8.90. The fourth-order valence-corrected chi connectivity index (χ4v) is 0.837. The van der Waals surface area contributed by atoms with Gasteiger partial charge in [-0.2, -0.15) is 0 Å². The third-order valence-electron chi connectivity index (χ3n) is 1.34. The van der Waals surface area contributed by atoms with Crippen molar-refractivity contribution in [3.8, 4) is 0 Å². The van der Waals surface area contributed by atoms with Crippen molar-refractivity contribution in [2.45, 2.75) is 12.8 Å². The molecule has 10 heavy (non-hydrogen) atoms. The van der Waals surface area contributed by atoms with Crippen molar-refractivity contribution in [2.75, 3.05) is 0 Å². The van der Waals surface area contributed by atoms with Gasteiger partial charge in [0.15, 0.2) is 0 Å². The van der Waals surface area contributed by atoms with Crippen molar-refractivity contribution in [1.82, 2.24) is 0 Å². The molecule has 1 rings (SSSR count). The fraction of sp³-hybridized carbons (Fsp3) is 0.286. The number of nitrogens with zero attached hydrogens (tertiary/aromatic N) is 1. The van der Waals surface area contributed by atoms with Crippen LogP contribution in [0.25, 0.3) is 0 Å². The maximum atomic E-state index is 8.90. The molecule has 0 aromatic rings. The van der Waals surface area contributed by atoms with Crippen LogP contribution in [0.3, 0.4) is 0 Å². The largest absolute Gasteiger partial charge is 0.506 e. The van der Waals surface area contributed by atoms with Gasteiger partial charge in [-0.15, -0.1) is 0 Å². The van der Waals surface area contributed by atoms with Gasteiger partial charge in [-0.05, 0) is 12.8 Å². The standard InChI is InChI=1S/C7H10N2O/c1-5(10)7-6(8)3-2-4-9-7/h4,10H,1-3,8H2. The van der Waals surface area contributed by atoms with E-state index in [0.29, 0.717) is 11.4 Å². The lowest BCUT2D eigenvalue weighted by atomic mass is 10.1. The van der Waals surface area contributed by atoms with E-state index in [2.05, 4.69) is 11.6 Å². The third kappa shape index (κ3) is 1.18. The zero-order valence-electron chi connectivity index (χ0n) is 5.67. The van der Waals surface area contributed by atoms with E-state index in [9.17, 15) is 0 Å². The normalized spacial score (nSPS) is 17.6. The van der Waals surface area contributed by atoms with Gasteiger partial charge in [0.1, 0.15) is 11.5 Å². The van der Waals surface area contributed by atoms with Crippen LogP contribution in [0.2, 0.25) is 0 Å². The molecule has 3 heteroatoms. The van der Waals surface area contributed by atoms with Gasteiger partial charge >= 0.3 is 0 Å². The number of aliphatic hydroxyl groups is 1. The lowest BCUT2D eigenvalue weighted by molar-refractivity contribution is 0.422. The molecule has 54 valence electrons. The molecule has 0 aromatic carbocycles. The van der Waals surface area contributed by atoms with Crippen molar-refractivity contribution in [1.29, 1.82) is 0 Å². The lowest BCUT2D eigenvalue weighted by Crippen LogP contribution is -2.07. The van der Waals surface area contributed by atoms with E-state index in [1.165, 1.54) is 0 Å². The van der Waals surface area contributed by atoms with Gasteiger partial charge in [0.25, 0.3) is 0 Å². The summed E-state index contributed by atoms with van der Waals surface area (Å²) in [5.74, 6) is -0.0477. The zero-order valence-corrected chi connectivity index (χ0v) is 5.67. The molecule has 1 aliphatic rings. The predicted molar refractivity (Wildman–Crippen MR) is 40.7 cm³/mol. The van der Waals surface area contributed by atoms with Crippen LogP contribution >= 0.6 is 0 Å². The summed E-state index contributed by atoms with van der Waals surface area (Å²) in [5.41, 5.74) is 6.58. The molecule has 0 radical (unpaired) electrons. The molecule has 0 aromatic heterocycles. The molecule has 0 unspecified atom stereocenters. The first-order valence-corrected chi connectivity index (χ1v) is 3.11. The molecule has 0 amide bonds. The second kappa shape index (κ2) is 2.56. The highest BCUT2D eigenvalue weighted by Gasteiger charge is 2.07. The van der Waals surface area contributed by atoms with Crippen molar-refractivity contribution < 1.29 is 5.11 Å². The van der Waals surface area contributed by atoms with Crippen LogP contribution in [-0.4, -0.2) is 11.3 Å². The highest BCUT2D eigenvalue weighted by Crippen LogP contribution is 2.16. The van der Waals surface area contributed by atoms with Crippen molar-refractivity contribution >= 4 is 6.21 Å². The monoisotopic (exact) mass is 138 g/mol. The van der Waals surface area contributed by atoms with Gasteiger partial charge in [0.05, 0.1) is 0 Å². The Hall–Kier alpha value is -1.25. The van der Waals surface area contributed by atoms with E-state index < -0.39 is 0 Å². The van der Waals surface area contributed by atoms with E-state index in [1.807, 2.05) is 0 Å². The Balaban J connectivity index is 2.90. The van der Waals surface area contributed by atoms with Crippen LogP contribution in [0.4, 0.5) is 0 Å². The SMILES string of the molecule is C=C(O)C1=C(N)CCC=N1. The van der Waals surface area contributed by atoms with Crippen molar-refractivity contribution in [2.24, 2.45) is 10.7 Å². The number of allylic oxidation sites excluding steroid dienone is 1. The van der Waals surface area contributed by atoms with E-state index >= 15 is 0 Å². The molecule has 0 bridgehead atoms. The summed E-state index contributed by atoms with van der Waals surface area (Å²) < 4.78 is 0. The molecule has 3 nitrogen and oxygen atoms in total. The summed E-state index contributed by atoms with van der Waals surface area (Å²) >= 11 is 0. The Bertz CT molecular complexity index is 216. The second-order valence-corrected chi connectivity index (χ2v) is 2.17. The van der Waals surface area contributed by atoms with Crippen LogP contribution in [0.15, 0.2) is 28.7 Å². The number of nitrogens with two attached hydrogens (primary N) is 1. The van der Waals surface area contributed by atoms with E-state index in [-0.39, 0.29) is 5.76 Å². The highest BCUT2D eigenvalue weighted by molar-refractivity contribution is 5.62. The Morgan fingerprint density at radius 1 is 1.80 bits per heavy atom. The molecule has 0 saturated carbocycles. The van der Waals surface area contributed by atoms with E-state index in [4.69, 9.17) is 10.8 Å². The summed E-state index contributed by atoms with van der Waals surface area (Å²) in [4.78, 5) is 3.89. The average molecular weight is 138 g/mol. The Morgan fingerprint density at radius 2 is 2.50 bits per heavy atom. The van der Waals surface area contributed by atoms with Crippen LogP contribution in [0, 0.1) is 0 Å². The maximum Gasteiger partial charge on any atom is 0.135 e. The molecular formula is C7H10N2O. The first-order valence-electron chi connectivity index (χ1n) is 3.11. The second-order valence-electron chi connectivity index (χ2n) is 2.17. The number of hydrogen-bond donors (Lipinski definition) is 2. The molecule has 0 spiro atoms. The topological polar surface area (TPSA) is 58.6 Å². The van der Waals surface area contributed by atoms with Crippen molar-refractivity contribution in [3.05, 3.63) is 23.7 Å². The molecule has 0 fully saturated rings. The van der Waals surface area contributed by atoms with Crippen molar-refractivity contribution in [3.63, 3.8) is 0 Å². The summed E-state index contributed by atoms with van der Waals surface area (Å²) in [7, 11) is 0. The minimum Gasteiger partial charge on any atom is -0.506 e. The van der Waals surface area contributed by atoms with Crippen LogP contribution < -0.4 is 5.73 Å². The first kappa shape index (κ1) is 6.86. The Labute approximate surface area is 59.6 Å². The van der Waals surface area contributed by atoms with Gasteiger partial charge in [-0.25, -0.2) is 0 Å². The predicted octanol–water partition coefficient (Wildman–Crippen LogP) is 1.09. The molecule has 3 N–H and O–H groups in total. The Kier molecular flexibility index (Phi) is 1.76. The van der Waals surface area contributed by atoms with Crippen LogP contribution in [-0.2, 0) is 0 Å². The van der Waals surface area contributed by atoms with E-state index in [0.717, 1.165) is 12.8 Å². The lowest BCUT2D eigenvalue weighted by Gasteiger charge is -2.08. The fourth-order valence-electron chi connectivity index (χ4n) is 0.837. The summed E-state index contributed by atoms with van der Waals surface area (Å²) in [6, 6.07) is 0. The minimum absolute atomic E-state index is 0.0477. The van der Waals surface area contributed by atoms with Gasteiger partial charge in [0, 0.05) is 11.9 Å². The zero-order chi connectivity index (χ0) is 7.56. The number of hydrogen-bond acceptors (Lipinski definition) is 3. The molecular weight excluding hydrogens is 128 g/mol. The highest BCUT2D eigenvalue weighted by atomic mass is 16.3. The quantitative estimate of drug-likeness (QED) is 0.533. The molecule has 1 heterocycles. The Morgan fingerprint density at radius 3 is 2.90 bits per heavy atom. The molecule has 0 aliphatic carbocycles.